The van der Waals surface area contributed by atoms with Gasteiger partial charge in [-0.25, -0.2) is 0 Å². The van der Waals surface area contributed by atoms with E-state index in [9.17, 15) is 4.79 Å². The molecular weight excluding hydrogens is 263 g/mol. The number of rotatable bonds is 0. The van der Waals surface area contributed by atoms with E-state index in [2.05, 4.69) is 22.6 Å². The van der Waals surface area contributed by atoms with E-state index >= 15 is 0 Å². The van der Waals surface area contributed by atoms with Crippen molar-refractivity contribution in [3.63, 3.8) is 0 Å². The number of Topliss-reactive ketones (excluding diaryl/α,β-unsaturated/α-hetero) is 1. The van der Waals surface area contributed by atoms with Crippen molar-refractivity contribution < 1.29 is 4.79 Å². The summed E-state index contributed by atoms with van der Waals surface area (Å²) in [7, 11) is 0. The molecule has 6 fully saturated rings. The number of hydrogen-bond acceptors (Lipinski definition) is 1. The van der Waals surface area contributed by atoms with Gasteiger partial charge in [-0.1, -0.05) is 22.6 Å². The zero-order valence-corrected chi connectivity index (χ0v) is 8.64. The molecule has 0 aromatic rings. The van der Waals surface area contributed by atoms with E-state index < -0.39 is 0 Å². The van der Waals surface area contributed by atoms with Gasteiger partial charge in [-0.05, 0) is 35.5 Å². The van der Waals surface area contributed by atoms with Gasteiger partial charge in [0.15, 0.2) is 0 Å². The van der Waals surface area contributed by atoms with Crippen LogP contribution in [0.1, 0.15) is 0 Å². The van der Waals surface area contributed by atoms with Crippen molar-refractivity contribution in [2.24, 2.45) is 47.3 Å². The average Bonchev–Trinajstić information content (AvgIpc) is 2.45. The van der Waals surface area contributed by atoms with Crippen LogP contribution in [-0.4, -0.2) is 9.71 Å². The Morgan fingerprint density at radius 2 is 1.42 bits per heavy atom. The lowest BCUT2D eigenvalue weighted by Crippen LogP contribution is -2.61. The predicted octanol–water partition coefficient (Wildman–Crippen LogP) is 1.36. The van der Waals surface area contributed by atoms with E-state index in [1.165, 1.54) is 0 Å². The molecular formula is C10H9IO. The number of carbonyl (C=O) groups is 1. The van der Waals surface area contributed by atoms with Crippen molar-refractivity contribution in [1.29, 1.82) is 0 Å². The first-order valence-corrected chi connectivity index (χ1v) is 6.25. The SMILES string of the molecule is O=C1[C@@H]2[C@@H]3[C@H]4[C@H]1[C@@H]1[C@@H](I)[C@@H]4[C@@H]3[C@@H]21. The molecule has 2 heteroatoms. The molecule has 6 aliphatic carbocycles. The van der Waals surface area contributed by atoms with Crippen LogP contribution in [0, 0.1) is 47.3 Å². The molecule has 0 spiro atoms. The highest BCUT2D eigenvalue weighted by Gasteiger charge is 2.89. The first kappa shape index (κ1) is 5.99. The summed E-state index contributed by atoms with van der Waals surface area (Å²) in [6, 6.07) is 0. The second kappa shape index (κ2) is 1.33. The first-order valence-electron chi connectivity index (χ1n) is 5.00. The van der Waals surface area contributed by atoms with Crippen LogP contribution in [-0.2, 0) is 4.79 Å². The highest BCUT2D eigenvalue weighted by molar-refractivity contribution is 14.1. The Labute approximate surface area is 84.4 Å². The van der Waals surface area contributed by atoms with E-state index in [1.807, 2.05) is 0 Å². The Hall–Kier alpha value is 0.400. The summed E-state index contributed by atoms with van der Waals surface area (Å²) in [5.41, 5.74) is 0. The number of ketones is 1. The lowest BCUT2D eigenvalue weighted by atomic mass is 9.41. The van der Waals surface area contributed by atoms with Crippen LogP contribution in [0.15, 0.2) is 0 Å². The van der Waals surface area contributed by atoms with E-state index in [1.54, 1.807) is 0 Å². The van der Waals surface area contributed by atoms with Crippen molar-refractivity contribution in [2.75, 3.05) is 0 Å². The highest BCUT2D eigenvalue weighted by atomic mass is 127. The summed E-state index contributed by atoms with van der Waals surface area (Å²) in [5, 5.41) is 0. The molecule has 9 atom stereocenters. The van der Waals surface area contributed by atoms with Gasteiger partial charge in [-0.2, -0.15) is 0 Å². The molecule has 0 saturated heterocycles. The zero-order chi connectivity index (χ0) is 7.77. The van der Waals surface area contributed by atoms with Crippen LogP contribution in [0.25, 0.3) is 0 Å². The standard InChI is InChI=1S/C10H9IO/c11-9-5-1-2-4(5)8-6(9)3(1)7(2)10(8)12/h1-9H/t1-,2-,3+,4+,5+,6+,7+,8-,9-/m0/s1. The smallest absolute Gasteiger partial charge is 0.140 e. The Bertz CT molecular complexity index is 337. The van der Waals surface area contributed by atoms with Crippen LogP contribution in [0.5, 0.6) is 0 Å². The minimum atomic E-state index is 0.571. The van der Waals surface area contributed by atoms with Gasteiger partial charge in [-0.3, -0.25) is 4.79 Å². The van der Waals surface area contributed by atoms with Gasteiger partial charge in [0, 0.05) is 15.8 Å². The van der Waals surface area contributed by atoms with Gasteiger partial charge >= 0.3 is 0 Å². The van der Waals surface area contributed by atoms with Crippen LogP contribution in [0.3, 0.4) is 0 Å². The molecule has 4 bridgehead atoms. The number of carbonyl (C=O) groups excluding carboxylic acids is 1. The normalized spacial score (nSPS) is 84.4. The number of hydrogen-bond donors (Lipinski definition) is 0. The maximum atomic E-state index is 11.8. The molecule has 6 rings (SSSR count). The van der Waals surface area contributed by atoms with Crippen molar-refractivity contribution in [3.05, 3.63) is 0 Å². The maximum Gasteiger partial charge on any atom is 0.140 e. The molecule has 6 saturated carbocycles. The topological polar surface area (TPSA) is 17.1 Å². The Morgan fingerprint density at radius 1 is 0.833 bits per heavy atom. The first-order chi connectivity index (χ1) is 5.82. The van der Waals surface area contributed by atoms with Crippen LogP contribution in [0.4, 0.5) is 0 Å². The Morgan fingerprint density at radius 3 is 2.00 bits per heavy atom. The van der Waals surface area contributed by atoms with Gasteiger partial charge in [0.05, 0.1) is 0 Å². The number of halogens is 1. The highest BCUT2D eigenvalue weighted by Crippen LogP contribution is 2.88. The molecule has 1 nitrogen and oxygen atoms in total. The van der Waals surface area contributed by atoms with Crippen LogP contribution in [0.2, 0.25) is 0 Å². The fourth-order valence-corrected chi connectivity index (χ4v) is 7.65. The summed E-state index contributed by atoms with van der Waals surface area (Å²) in [5.74, 6) is 7.44. The lowest BCUT2D eigenvalue weighted by molar-refractivity contribution is -0.170. The molecule has 0 radical (unpaired) electrons. The minimum absolute atomic E-state index is 0.571. The third kappa shape index (κ3) is 0.289. The lowest BCUT2D eigenvalue weighted by Gasteiger charge is -2.62. The molecule has 0 unspecified atom stereocenters. The summed E-state index contributed by atoms with van der Waals surface area (Å²) >= 11 is 2.63. The van der Waals surface area contributed by atoms with Crippen LogP contribution >= 0.6 is 22.6 Å². The predicted molar refractivity (Wildman–Crippen MR) is 50.7 cm³/mol. The van der Waals surface area contributed by atoms with Gasteiger partial charge in [0.1, 0.15) is 5.78 Å². The average molecular weight is 272 g/mol. The quantitative estimate of drug-likeness (QED) is 0.480. The third-order valence-electron chi connectivity index (χ3n) is 5.72. The molecule has 0 aromatic heterocycles. The third-order valence-corrected chi connectivity index (χ3v) is 7.38. The van der Waals surface area contributed by atoms with Gasteiger partial charge in [0.25, 0.3) is 0 Å². The van der Waals surface area contributed by atoms with E-state index in [0.29, 0.717) is 17.6 Å². The largest absolute Gasteiger partial charge is 0.299 e. The van der Waals surface area contributed by atoms with Crippen molar-refractivity contribution in [1.82, 2.24) is 0 Å². The second-order valence-corrected chi connectivity index (χ2v) is 6.80. The summed E-state index contributed by atoms with van der Waals surface area (Å²) in [6.45, 7) is 0. The zero-order valence-electron chi connectivity index (χ0n) is 6.48. The maximum absolute atomic E-state index is 11.8. The fourth-order valence-electron chi connectivity index (χ4n) is 5.77. The minimum Gasteiger partial charge on any atom is -0.299 e. The fraction of sp³-hybridized carbons (Fsp3) is 0.900. The molecule has 0 amide bonds. The van der Waals surface area contributed by atoms with Crippen molar-refractivity contribution in [2.45, 2.75) is 3.92 Å². The Kier molecular flexibility index (Phi) is 0.666. The molecule has 0 aromatic carbocycles. The Balaban J connectivity index is 1.88. The van der Waals surface area contributed by atoms with Crippen molar-refractivity contribution in [3.8, 4) is 0 Å². The summed E-state index contributed by atoms with van der Waals surface area (Å²) in [4.78, 5) is 11.8. The molecule has 0 heterocycles. The molecule has 12 heavy (non-hydrogen) atoms. The van der Waals surface area contributed by atoms with E-state index in [-0.39, 0.29) is 0 Å². The molecule has 6 aliphatic rings. The number of alkyl halides is 1. The summed E-state index contributed by atoms with van der Waals surface area (Å²) < 4.78 is 0.889. The van der Waals surface area contributed by atoms with E-state index in [0.717, 1.165) is 39.4 Å². The van der Waals surface area contributed by atoms with Gasteiger partial charge in [0.2, 0.25) is 0 Å². The second-order valence-electron chi connectivity index (χ2n) is 5.36. The van der Waals surface area contributed by atoms with Gasteiger partial charge < -0.3 is 0 Å². The molecule has 62 valence electrons. The summed E-state index contributed by atoms with van der Waals surface area (Å²) in [6.07, 6.45) is 0. The molecule has 0 aliphatic heterocycles. The van der Waals surface area contributed by atoms with Gasteiger partial charge in [-0.15, -0.1) is 0 Å². The molecule has 0 N–H and O–H groups in total. The van der Waals surface area contributed by atoms with Crippen molar-refractivity contribution >= 4 is 28.4 Å². The van der Waals surface area contributed by atoms with E-state index in [4.69, 9.17) is 0 Å². The van der Waals surface area contributed by atoms with Crippen LogP contribution < -0.4 is 0 Å². The monoisotopic (exact) mass is 272 g/mol.